The van der Waals surface area contributed by atoms with E-state index in [1.807, 2.05) is 13.8 Å². The highest BCUT2D eigenvalue weighted by molar-refractivity contribution is 7.12. The summed E-state index contributed by atoms with van der Waals surface area (Å²) in [7, 11) is 0. The first-order valence-corrected chi connectivity index (χ1v) is 7.18. The van der Waals surface area contributed by atoms with Crippen molar-refractivity contribution in [1.82, 2.24) is 9.97 Å². The molecule has 0 unspecified atom stereocenters. The highest BCUT2D eigenvalue weighted by Gasteiger charge is 2.06. The minimum atomic E-state index is -0.111. The lowest BCUT2D eigenvalue weighted by Gasteiger charge is -2.08. The van der Waals surface area contributed by atoms with Gasteiger partial charge in [-0.3, -0.25) is 4.79 Å². The van der Waals surface area contributed by atoms with Gasteiger partial charge in [-0.2, -0.15) is 0 Å². The molecule has 2 N–H and O–H groups in total. The fraction of sp³-hybridized carbons (Fsp3) is 0.429. The Morgan fingerprint density at radius 3 is 2.68 bits per heavy atom. The monoisotopic (exact) mass is 277 g/mol. The topological polar surface area (TPSA) is 57.8 Å². The summed E-state index contributed by atoms with van der Waals surface area (Å²) in [4.78, 5) is 21.3. The van der Waals surface area contributed by atoms with Gasteiger partial charge in [0.05, 0.1) is 6.54 Å². The number of rotatable bonds is 4. The molecule has 0 aliphatic rings. The predicted octanol–water partition coefficient (Wildman–Crippen LogP) is 3.18. The van der Waals surface area contributed by atoms with Crippen LogP contribution in [0.4, 0.5) is 5.82 Å². The van der Waals surface area contributed by atoms with Crippen LogP contribution < -0.4 is 10.9 Å². The first-order valence-electron chi connectivity index (χ1n) is 6.36. The smallest absolute Gasteiger partial charge is 0.252 e. The van der Waals surface area contributed by atoms with Crippen molar-refractivity contribution in [2.45, 2.75) is 40.2 Å². The van der Waals surface area contributed by atoms with Gasteiger partial charge >= 0.3 is 0 Å². The maximum Gasteiger partial charge on any atom is 0.252 e. The number of nitrogens with one attached hydrogen (secondary N) is 2. The largest absolute Gasteiger partial charge is 0.365 e. The fourth-order valence-corrected chi connectivity index (χ4v) is 2.75. The molecule has 0 aliphatic carbocycles. The average Bonchev–Trinajstić information content (AvgIpc) is 2.65. The van der Waals surface area contributed by atoms with E-state index in [-0.39, 0.29) is 11.5 Å². The van der Waals surface area contributed by atoms with Gasteiger partial charge in [-0.25, -0.2) is 4.98 Å². The van der Waals surface area contributed by atoms with E-state index in [9.17, 15) is 4.79 Å². The number of thiophene rings is 1. The summed E-state index contributed by atoms with van der Waals surface area (Å²) >= 11 is 1.77. The Hall–Kier alpha value is -1.62. The first kappa shape index (κ1) is 13.8. The van der Waals surface area contributed by atoms with Crippen LogP contribution in [-0.4, -0.2) is 9.97 Å². The molecule has 0 atom stereocenters. The Bertz CT molecular complexity index is 608. The highest BCUT2D eigenvalue weighted by atomic mass is 32.1. The van der Waals surface area contributed by atoms with Crippen molar-refractivity contribution in [2.24, 2.45) is 0 Å². The van der Waals surface area contributed by atoms with Crippen LogP contribution in [0.2, 0.25) is 0 Å². The number of hydrogen-bond donors (Lipinski definition) is 2. The van der Waals surface area contributed by atoms with Gasteiger partial charge in [0.15, 0.2) is 0 Å². The summed E-state index contributed by atoms with van der Waals surface area (Å²) < 4.78 is 0. The number of anilines is 1. The predicted molar refractivity (Wildman–Crippen MR) is 80.1 cm³/mol. The van der Waals surface area contributed by atoms with Gasteiger partial charge in [0.25, 0.3) is 5.56 Å². The molecule has 0 saturated carbocycles. The van der Waals surface area contributed by atoms with Gasteiger partial charge in [0, 0.05) is 21.7 Å². The summed E-state index contributed by atoms with van der Waals surface area (Å²) in [6.45, 7) is 8.94. The van der Waals surface area contributed by atoms with E-state index >= 15 is 0 Å². The second-order valence-corrected chi connectivity index (χ2v) is 6.32. The summed E-state index contributed by atoms with van der Waals surface area (Å²) in [5.74, 6) is 1.56. The number of aromatic amines is 1. The van der Waals surface area contributed by atoms with Crippen LogP contribution in [-0.2, 0) is 6.54 Å². The molecule has 102 valence electrons. The molecule has 0 fully saturated rings. The molecule has 0 radical (unpaired) electrons. The summed E-state index contributed by atoms with van der Waals surface area (Å²) in [5.41, 5.74) is 1.20. The molecule has 0 spiro atoms. The van der Waals surface area contributed by atoms with Crippen molar-refractivity contribution in [2.75, 3.05) is 5.32 Å². The Balaban J connectivity index is 2.13. The van der Waals surface area contributed by atoms with Gasteiger partial charge in [0.1, 0.15) is 11.6 Å². The maximum absolute atomic E-state index is 11.6. The Morgan fingerprint density at radius 1 is 1.37 bits per heavy atom. The maximum atomic E-state index is 11.6. The molecule has 0 aliphatic heterocycles. The first-order chi connectivity index (χ1) is 8.95. The van der Waals surface area contributed by atoms with Crippen molar-refractivity contribution in [3.8, 4) is 0 Å². The lowest BCUT2D eigenvalue weighted by molar-refractivity contribution is 0.767. The highest BCUT2D eigenvalue weighted by Crippen LogP contribution is 2.21. The van der Waals surface area contributed by atoms with E-state index in [0.717, 1.165) is 0 Å². The van der Waals surface area contributed by atoms with Crippen molar-refractivity contribution in [3.63, 3.8) is 0 Å². The fourth-order valence-electron chi connectivity index (χ4n) is 1.75. The second kappa shape index (κ2) is 5.57. The van der Waals surface area contributed by atoms with Crippen LogP contribution in [0.5, 0.6) is 0 Å². The molecule has 0 amide bonds. The van der Waals surface area contributed by atoms with E-state index in [1.54, 1.807) is 11.3 Å². The molecular formula is C14H19N3OS. The Kier molecular flexibility index (Phi) is 4.04. The van der Waals surface area contributed by atoms with Crippen molar-refractivity contribution < 1.29 is 0 Å². The quantitative estimate of drug-likeness (QED) is 0.902. The molecule has 2 aromatic heterocycles. The van der Waals surface area contributed by atoms with E-state index in [4.69, 9.17) is 0 Å². The number of aromatic nitrogens is 2. The van der Waals surface area contributed by atoms with E-state index < -0.39 is 0 Å². The molecule has 2 rings (SSSR count). The lowest BCUT2D eigenvalue weighted by atomic mass is 10.2. The number of H-pyrrole nitrogens is 1. The molecule has 2 aromatic rings. The van der Waals surface area contributed by atoms with Crippen LogP contribution in [0.1, 0.15) is 40.9 Å². The molecule has 0 bridgehead atoms. The van der Waals surface area contributed by atoms with Crippen LogP contribution in [0, 0.1) is 13.8 Å². The van der Waals surface area contributed by atoms with Crippen LogP contribution in [0.3, 0.4) is 0 Å². The molecule has 2 heterocycles. The molecular weight excluding hydrogens is 258 g/mol. The minimum absolute atomic E-state index is 0.111. The molecule has 4 nitrogen and oxygen atoms in total. The van der Waals surface area contributed by atoms with Crippen molar-refractivity contribution >= 4 is 17.2 Å². The van der Waals surface area contributed by atoms with Crippen molar-refractivity contribution in [1.29, 1.82) is 0 Å². The van der Waals surface area contributed by atoms with E-state index in [2.05, 4.69) is 35.2 Å². The van der Waals surface area contributed by atoms with Gasteiger partial charge in [-0.15, -0.1) is 11.3 Å². The van der Waals surface area contributed by atoms with Gasteiger partial charge in [-0.05, 0) is 25.5 Å². The third-order valence-corrected chi connectivity index (χ3v) is 4.12. The third-order valence-electron chi connectivity index (χ3n) is 2.97. The van der Waals surface area contributed by atoms with Crippen LogP contribution in [0.25, 0.3) is 0 Å². The number of nitrogens with zero attached hydrogens (tertiary/aromatic N) is 1. The minimum Gasteiger partial charge on any atom is -0.365 e. The normalized spacial score (nSPS) is 11.0. The zero-order valence-corrected chi connectivity index (χ0v) is 12.5. The zero-order valence-electron chi connectivity index (χ0n) is 11.7. The Morgan fingerprint density at radius 2 is 2.11 bits per heavy atom. The standard InChI is InChI=1S/C14H19N3OS/c1-8(2)14-16-12(6-13(18)17-14)15-7-11-5-9(3)10(4)19-11/h5-6,8H,7H2,1-4H3,(H2,15,16,17,18). The molecule has 0 saturated heterocycles. The van der Waals surface area contributed by atoms with Crippen LogP contribution in [0.15, 0.2) is 16.9 Å². The van der Waals surface area contributed by atoms with E-state index in [0.29, 0.717) is 18.2 Å². The van der Waals surface area contributed by atoms with Gasteiger partial charge in [-0.1, -0.05) is 13.8 Å². The SMILES string of the molecule is Cc1cc(CNc2cc(=O)[nH]c(C(C)C)n2)sc1C. The number of aryl methyl sites for hydroxylation is 2. The van der Waals surface area contributed by atoms with Gasteiger partial charge < -0.3 is 10.3 Å². The summed E-state index contributed by atoms with van der Waals surface area (Å²) in [6, 6.07) is 3.67. The average molecular weight is 277 g/mol. The van der Waals surface area contributed by atoms with E-state index in [1.165, 1.54) is 21.4 Å². The van der Waals surface area contributed by atoms with Gasteiger partial charge in [0.2, 0.25) is 0 Å². The van der Waals surface area contributed by atoms with Crippen LogP contribution >= 0.6 is 11.3 Å². The molecule has 0 aromatic carbocycles. The summed E-state index contributed by atoms with van der Waals surface area (Å²) in [6.07, 6.45) is 0. The molecule has 5 heteroatoms. The second-order valence-electron chi connectivity index (χ2n) is 4.98. The third kappa shape index (κ3) is 3.44. The summed E-state index contributed by atoms with van der Waals surface area (Å²) in [5, 5.41) is 3.22. The molecule has 19 heavy (non-hydrogen) atoms. The van der Waals surface area contributed by atoms with Crippen molar-refractivity contribution in [3.05, 3.63) is 43.6 Å². The lowest BCUT2D eigenvalue weighted by Crippen LogP contribution is -2.14. The Labute approximate surface area is 116 Å². The number of hydrogen-bond acceptors (Lipinski definition) is 4. The zero-order chi connectivity index (χ0) is 14.0.